The van der Waals surface area contributed by atoms with Crippen LogP contribution < -0.4 is 5.32 Å². The lowest BCUT2D eigenvalue weighted by Crippen LogP contribution is -2.22. The zero-order valence-electron chi connectivity index (χ0n) is 11.8. The fourth-order valence-corrected chi connectivity index (χ4v) is 2.75. The Morgan fingerprint density at radius 3 is 2.65 bits per heavy atom. The van der Waals surface area contributed by atoms with Gasteiger partial charge in [0.1, 0.15) is 0 Å². The third kappa shape index (κ3) is 2.16. The number of amides is 1. The number of fused-ring (bicyclic) bond motifs is 3. The maximum atomic E-state index is 10.9. The lowest BCUT2D eigenvalue weighted by atomic mass is 10.1. The number of hydrogen-bond donors (Lipinski definition) is 1. The standard InChI is InChI=1S/C17H18N2O/c1-12(20)18-10-9-13-7-8-17-15(11-13)14-5-3-4-6-16(14)19(17)2/h3-8,11H,9-10H2,1-2H3,(H,18,20). The SMILES string of the molecule is CC(=O)NCCc1ccc2c(c1)c1ccccc1n2C. The van der Waals surface area contributed by atoms with E-state index in [1.165, 1.54) is 27.4 Å². The summed E-state index contributed by atoms with van der Waals surface area (Å²) in [6, 6.07) is 15.0. The molecule has 3 aromatic rings. The molecule has 0 spiro atoms. The Kier molecular flexibility index (Phi) is 3.18. The molecule has 3 rings (SSSR count). The average Bonchev–Trinajstić information content (AvgIpc) is 2.73. The van der Waals surface area contributed by atoms with Crippen LogP contribution >= 0.6 is 0 Å². The van der Waals surface area contributed by atoms with Crippen molar-refractivity contribution in [3.63, 3.8) is 0 Å². The van der Waals surface area contributed by atoms with E-state index in [0.717, 1.165) is 6.42 Å². The topological polar surface area (TPSA) is 34.0 Å². The molecule has 0 atom stereocenters. The van der Waals surface area contributed by atoms with Crippen LogP contribution in [0.1, 0.15) is 12.5 Å². The molecule has 0 fully saturated rings. The molecule has 2 aromatic carbocycles. The molecule has 0 unspecified atom stereocenters. The molecule has 3 heteroatoms. The third-order valence-corrected chi connectivity index (χ3v) is 3.77. The first-order valence-electron chi connectivity index (χ1n) is 6.87. The van der Waals surface area contributed by atoms with Gasteiger partial charge in [0, 0.05) is 42.3 Å². The van der Waals surface area contributed by atoms with Crippen molar-refractivity contribution < 1.29 is 4.79 Å². The van der Waals surface area contributed by atoms with E-state index in [1.54, 1.807) is 6.92 Å². The van der Waals surface area contributed by atoms with Crippen LogP contribution in [0.25, 0.3) is 21.8 Å². The Morgan fingerprint density at radius 1 is 1.10 bits per heavy atom. The number of benzene rings is 2. The number of para-hydroxylation sites is 1. The van der Waals surface area contributed by atoms with Gasteiger partial charge >= 0.3 is 0 Å². The molecule has 0 radical (unpaired) electrons. The smallest absolute Gasteiger partial charge is 0.216 e. The number of aromatic nitrogens is 1. The Morgan fingerprint density at radius 2 is 1.85 bits per heavy atom. The molecule has 20 heavy (non-hydrogen) atoms. The minimum atomic E-state index is 0.0243. The first-order valence-corrected chi connectivity index (χ1v) is 6.87. The quantitative estimate of drug-likeness (QED) is 0.777. The number of nitrogens with zero attached hydrogens (tertiary/aromatic N) is 1. The Bertz CT molecular complexity index is 786. The number of carbonyl (C=O) groups is 1. The number of carbonyl (C=O) groups excluding carboxylic acids is 1. The maximum Gasteiger partial charge on any atom is 0.216 e. The molecule has 0 saturated carbocycles. The maximum absolute atomic E-state index is 10.9. The summed E-state index contributed by atoms with van der Waals surface area (Å²) >= 11 is 0. The molecule has 1 heterocycles. The molecule has 102 valence electrons. The normalized spacial score (nSPS) is 11.1. The minimum Gasteiger partial charge on any atom is -0.356 e. The Labute approximate surface area is 118 Å². The average molecular weight is 266 g/mol. The van der Waals surface area contributed by atoms with E-state index in [9.17, 15) is 4.79 Å². The van der Waals surface area contributed by atoms with Crippen LogP contribution in [0.2, 0.25) is 0 Å². The van der Waals surface area contributed by atoms with Crippen LogP contribution in [0.4, 0.5) is 0 Å². The van der Waals surface area contributed by atoms with Gasteiger partial charge < -0.3 is 9.88 Å². The zero-order chi connectivity index (χ0) is 14.1. The van der Waals surface area contributed by atoms with Gasteiger partial charge in [0.2, 0.25) is 5.91 Å². The number of nitrogens with one attached hydrogen (secondary N) is 1. The highest BCUT2D eigenvalue weighted by molar-refractivity contribution is 6.08. The highest BCUT2D eigenvalue weighted by Crippen LogP contribution is 2.28. The first kappa shape index (κ1) is 12.7. The molecule has 1 amide bonds. The van der Waals surface area contributed by atoms with E-state index in [2.05, 4.69) is 59.4 Å². The van der Waals surface area contributed by atoms with Gasteiger partial charge in [-0.05, 0) is 30.2 Å². The molecule has 0 aliphatic carbocycles. The van der Waals surface area contributed by atoms with Crippen LogP contribution in [0.15, 0.2) is 42.5 Å². The van der Waals surface area contributed by atoms with Crippen molar-refractivity contribution in [3.05, 3.63) is 48.0 Å². The van der Waals surface area contributed by atoms with Gasteiger partial charge in [-0.3, -0.25) is 4.79 Å². The first-order chi connectivity index (χ1) is 9.66. The second-order valence-corrected chi connectivity index (χ2v) is 5.16. The van der Waals surface area contributed by atoms with E-state index in [1.807, 2.05) is 0 Å². The van der Waals surface area contributed by atoms with Crippen LogP contribution in [-0.2, 0) is 18.3 Å². The lowest BCUT2D eigenvalue weighted by molar-refractivity contribution is -0.118. The van der Waals surface area contributed by atoms with Crippen molar-refractivity contribution in [1.82, 2.24) is 9.88 Å². The van der Waals surface area contributed by atoms with Crippen molar-refractivity contribution in [2.45, 2.75) is 13.3 Å². The summed E-state index contributed by atoms with van der Waals surface area (Å²) in [5.74, 6) is 0.0243. The van der Waals surface area contributed by atoms with Gasteiger partial charge in [0.05, 0.1) is 0 Å². The summed E-state index contributed by atoms with van der Waals surface area (Å²) in [6.45, 7) is 2.24. The Balaban J connectivity index is 2.02. The largest absolute Gasteiger partial charge is 0.356 e. The summed E-state index contributed by atoms with van der Waals surface area (Å²) in [6.07, 6.45) is 0.860. The molecule has 0 bridgehead atoms. The van der Waals surface area contributed by atoms with Crippen molar-refractivity contribution >= 4 is 27.7 Å². The van der Waals surface area contributed by atoms with E-state index >= 15 is 0 Å². The van der Waals surface area contributed by atoms with E-state index in [4.69, 9.17) is 0 Å². The lowest BCUT2D eigenvalue weighted by Gasteiger charge is -2.03. The van der Waals surface area contributed by atoms with Crippen LogP contribution in [0, 0.1) is 0 Å². The van der Waals surface area contributed by atoms with Gasteiger partial charge in [0.25, 0.3) is 0 Å². The molecule has 3 nitrogen and oxygen atoms in total. The molecule has 0 aliphatic rings. The van der Waals surface area contributed by atoms with Crippen molar-refractivity contribution in [2.24, 2.45) is 7.05 Å². The second-order valence-electron chi connectivity index (χ2n) is 5.16. The molecule has 0 saturated heterocycles. The summed E-state index contributed by atoms with van der Waals surface area (Å²) in [5, 5.41) is 5.40. The molecule has 1 aromatic heterocycles. The highest BCUT2D eigenvalue weighted by atomic mass is 16.1. The van der Waals surface area contributed by atoms with Gasteiger partial charge in [-0.1, -0.05) is 24.3 Å². The van der Waals surface area contributed by atoms with Gasteiger partial charge in [-0.25, -0.2) is 0 Å². The number of hydrogen-bond acceptors (Lipinski definition) is 1. The van der Waals surface area contributed by atoms with E-state index in [-0.39, 0.29) is 5.91 Å². The summed E-state index contributed by atoms with van der Waals surface area (Å²) < 4.78 is 2.22. The molecule has 1 N–H and O–H groups in total. The predicted octanol–water partition coefficient (Wildman–Crippen LogP) is 3.01. The minimum absolute atomic E-state index is 0.0243. The second kappa shape index (κ2) is 5.00. The Hall–Kier alpha value is -2.29. The summed E-state index contributed by atoms with van der Waals surface area (Å²) in [4.78, 5) is 10.9. The molecule has 0 aliphatic heterocycles. The summed E-state index contributed by atoms with van der Waals surface area (Å²) in [7, 11) is 2.10. The van der Waals surface area contributed by atoms with Crippen molar-refractivity contribution in [2.75, 3.05) is 6.54 Å². The van der Waals surface area contributed by atoms with E-state index in [0.29, 0.717) is 6.54 Å². The third-order valence-electron chi connectivity index (χ3n) is 3.77. The van der Waals surface area contributed by atoms with Crippen molar-refractivity contribution in [1.29, 1.82) is 0 Å². The molecular weight excluding hydrogens is 248 g/mol. The van der Waals surface area contributed by atoms with Gasteiger partial charge in [-0.15, -0.1) is 0 Å². The van der Waals surface area contributed by atoms with Crippen molar-refractivity contribution in [3.8, 4) is 0 Å². The van der Waals surface area contributed by atoms with Gasteiger partial charge in [-0.2, -0.15) is 0 Å². The van der Waals surface area contributed by atoms with Crippen LogP contribution in [-0.4, -0.2) is 17.0 Å². The highest BCUT2D eigenvalue weighted by Gasteiger charge is 2.07. The number of rotatable bonds is 3. The van der Waals surface area contributed by atoms with Gasteiger partial charge in [0.15, 0.2) is 0 Å². The molecular formula is C17H18N2O. The van der Waals surface area contributed by atoms with Crippen LogP contribution in [0.5, 0.6) is 0 Å². The van der Waals surface area contributed by atoms with Crippen LogP contribution in [0.3, 0.4) is 0 Å². The fraction of sp³-hybridized carbons (Fsp3) is 0.235. The summed E-state index contributed by atoms with van der Waals surface area (Å²) in [5.41, 5.74) is 3.75. The zero-order valence-corrected chi connectivity index (χ0v) is 11.8. The van der Waals surface area contributed by atoms with E-state index < -0.39 is 0 Å². The number of aryl methyl sites for hydroxylation is 1. The monoisotopic (exact) mass is 266 g/mol. The predicted molar refractivity (Wildman–Crippen MR) is 82.8 cm³/mol. The fourth-order valence-electron chi connectivity index (χ4n) is 2.75.